The van der Waals surface area contributed by atoms with Crippen molar-refractivity contribution >= 4 is 65.3 Å². The van der Waals surface area contributed by atoms with Crippen molar-refractivity contribution in [3.8, 4) is 0 Å². The molecule has 2 fully saturated rings. The number of aliphatic hydroxyl groups is 3. The van der Waals surface area contributed by atoms with Crippen LogP contribution in [0.2, 0.25) is 0 Å². The van der Waals surface area contributed by atoms with E-state index in [0.29, 0.717) is 0 Å². The van der Waals surface area contributed by atoms with E-state index < -0.39 is 93.2 Å². The van der Waals surface area contributed by atoms with Gasteiger partial charge < -0.3 is 64.9 Å². The number of imidazole rings is 2. The number of fused-ring (bicyclic) bond motifs is 2. The van der Waals surface area contributed by atoms with E-state index in [9.17, 15) is 57.9 Å². The summed E-state index contributed by atoms with van der Waals surface area (Å²) >= 11 is 0. The molecule has 53 heavy (non-hydrogen) atoms. The molecule has 4 aromatic heterocycles. The number of phosphoric ester groups is 2. The lowest BCUT2D eigenvalue weighted by molar-refractivity contribution is -0.255. The van der Waals surface area contributed by atoms with Gasteiger partial charge in [0, 0.05) is 6.42 Å². The molecule has 11 atom stereocenters. The highest BCUT2D eigenvalue weighted by Gasteiger charge is 2.45. The molecule has 2 aliphatic rings. The molecule has 7 unspecified atom stereocenters. The molecular formula is C20H24N10O19P4-4. The van der Waals surface area contributed by atoms with Crippen molar-refractivity contribution in [1.82, 2.24) is 39.0 Å². The number of phosphoric acid groups is 4. The highest BCUT2D eigenvalue weighted by atomic mass is 31.3. The van der Waals surface area contributed by atoms with Crippen LogP contribution in [0.5, 0.6) is 0 Å². The summed E-state index contributed by atoms with van der Waals surface area (Å²) in [5.41, 5.74) is 10.7. The van der Waals surface area contributed by atoms with Crippen LogP contribution < -0.4 is 36.7 Å². The predicted molar refractivity (Wildman–Crippen MR) is 158 cm³/mol. The largest absolute Gasteiger partial charge is 0.756 e. The Morgan fingerprint density at radius 2 is 1.38 bits per heavy atom. The molecule has 6 rings (SSSR count). The van der Waals surface area contributed by atoms with Crippen LogP contribution in [0.4, 0.5) is 11.6 Å². The maximum Gasteiger partial charge on any atom is 0.348 e. The number of H-pyrrole nitrogens is 1. The first-order valence-corrected chi connectivity index (χ1v) is 20.2. The summed E-state index contributed by atoms with van der Waals surface area (Å²) in [5, 5.41) is 31.2. The average Bonchev–Trinajstić information content (AvgIpc) is 3.79. The second-order valence-electron chi connectivity index (χ2n) is 11.0. The molecule has 0 aliphatic carbocycles. The van der Waals surface area contributed by atoms with Crippen molar-refractivity contribution in [1.29, 1.82) is 0 Å². The summed E-state index contributed by atoms with van der Waals surface area (Å²) in [4.78, 5) is 81.9. The van der Waals surface area contributed by atoms with E-state index in [2.05, 4.69) is 51.9 Å². The lowest BCUT2D eigenvalue weighted by Crippen LogP contribution is -2.34. The standard InChI is InChI=1S/C20H28N10O19P4/c21-15-11-17(24-4-23-15)30(6-26-11)19-14(33)13(32)9(46-19)3-44-51(37,38)48-53(41,42)49-52(39,40)47-50(35,36)43-2-8-7(31)1-10(45-8)29-5-25-12-16(22)27-20(34)28-18(12)29/h4-10,13-14,19,31-33H,1-3H2,(H,35,36)(H,37,38)(H,39,40)(H,41,42)(H2,21,23,24)(H3,22,27,28,34)/p-4/t7-,8?,9-,10?,13?,14+,19-/m1/s1. The van der Waals surface area contributed by atoms with Crippen LogP contribution in [0.1, 0.15) is 18.9 Å². The first-order chi connectivity index (χ1) is 24.6. The molecule has 0 saturated carbocycles. The lowest BCUT2D eigenvalue weighted by atomic mass is 10.1. The first-order valence-electron chi connectivity index (χ1n) is 14.3. The molecule has 8 N–H and O–H groups in total. The Morgan fingerprint density at radius 3 is 2.04 bits per heavy atom. The topological polar surface area (TPSA) is 445 Å². The Morgan fingerprint density at radius 1 is 0.792 bits per heavy atom. The minimum absolute atomic E-state index is 0.0343. The molecule has 4 aromatic rings. The van der Waals surface area contributed by atoms with Crippen molar-refractivity contribution in [3.63, 3.8) is 0 Å². The van der Waals surface area contributed by atoms with E-state index in [4.69, 9.17) is 20.9 Å². The molecular weight excluding hydrogens is 808 g/mol. The van der Waals surface area contributed by atoms with Gasteiger partial charge in [0.1, 0.15) is 53.8 Å². The van der Waals surface area contributed by atoms with Crippen LogP contribution in [0, 0.1) is 0 Å². The van der Waals surface area contributed by atoms with Crippen LogP contribution in [0.3, 0.4) is 0 Å². The van der Waals surface area contributed by atoms with E-state index in [1.165, 1.54) is 4.57 Å². The number of aromatic nitrogens is 8. The van der Waals surface area contributed by atoms with Crippen molar-refractivity contribution in [2.45, 2.75) is 49.4 Å². The van der Waals surface area contributed by atoms with Crippen LogP contribution >= 0.6 is 31.3 Å². The lowest BCUT2D eigenvalue weighted by Gasteiger charge is -2.36. The summed E-state index contributed by atoms with van der Waals surface area (Å²) in [5.74, 6) is -0.158. The second-order valence-corrected chi connectivity index (χ2v) is 17.0. The number of rotatable bonds is 14. The number of nitrogens with one attached hydrogen (secondary N) is 1. The van der Waals surface area contributed by atoms with Gasteiger partial charge in [-0.3, -0.25) is 32.4 Å². The summed E-state index contributed by atoms with van der Waals surface area (Å²) in [6, 6.07) is 0. The van der Waals surface area contributed by atoms with Gasteiger partial charge in [-0.25, -0.2) is 37.7 Å². The number of ether oxygens (including phenoxy) is 2. The van der Waals surface area contributed by atoms with Crippen molar-refractivity contribution < 1.29 is 84.6 Å². The SMILES string of the molecule is Nc1[nH]c(=O)nc2c1ncn2C1C[C@@H](O)C(COP(=O)([O-])OP(=O)([O-])OP(=O)([O-])OP(=O)([O-])OC[C@H]2O[C@@H](n3cnc4c(N)ncnc43)[C@@H](O)C2O)O1. The van der Waals surface area contributed by atoms with Gasteiger partial charge in [-0.2, -0.15) is 4.98 Å². The number of anilines is 2. The van der Waals surface area contributed by atoms with Crippen molar-refractivity contribution in [2.75, 3.05) is 24.7 Å². The highest BCUT2D eigenvalue weighted by Crippen LogP contribution is 2.67. The minimum Gasteiger partial charge on any atom is -0.756 e. The quantitative estimate of drug-likeness (QED) is 0.0650. The van der Waals surface area contributed by atoms with Gasteiger partial charge in [-0.1, -0.05) is 0 Å². The predicted octanol–water partition coefficient (Wildman–Crippen LogP) is -4.65. The fraction of sp³-hybridized carbons (Fsp3) is 0.500. The van der Waals surface area contributed by atoms with E-state index >= 15 is 0 Å². The summed E-state index contributed by atoms with van der Waals surface area (Å²) in [7, 11) is -25.3. The fourth-order valence-electron chi connectivity index (χ4n) is 5.13. The zero-order valence-corrected chi connectivity index (χ0v) is 29.4. The maximum absolute atomic E-state index is 12.2. The number of aromatic amines is 1. The molecule has 6 heterocycles. The normalized spacial score (nSPS) is 29.5. The Hall–Kier alpha value is -3.14. The zero-order valence-electron chi connectivity index (χ0n) is 25.8. The van der Waals surface area contributed by atoms with Gasteiger partial charge in [-0.05, 0) is 0 Å². The van der Waals surface area contributed by atoms with Gasteiger partial charge in [-0.15, -0.1) is 0 Å². The third-order valence-corrected chi connectivity index (χ3v) is 13.1. The summed E-state index contributed by atoms with van der Waals surface area (Å²) in [6.45, 7) is -2.33. The van der Waals surface area contributed by atoms with Crippen molar-refractivity contribution in [2.24, 2.45) is 0 Å². The first kappa shape index (κ1) is 39.6. The van der Waals surface area contributed by atoms with Gasteiger partial charge in [0.25, 0.3) is 31.3 Å². The van der Waals surface area contributed by atoms with Crippen LogP contribution in [0.15, 0.2) is 23.8 Å². The van der Waals surface area contributed by atoms with Gasteiger partial charge >= 0.3 is 5.69 Å². The van der Waals surface area contributed by atoms with E-state index in [1.54, 1.807) is 0 Å². The minimum atomic E-state index is -6.58. The molecule has 33 heteroatoms. The smallest absolute Gasteiger partial charge is 0.348 e. The Balaban J connectivity index is 1.01. The van der Waals surface area contributed by atoms with Crippen LogP contribution in [-0.2, 0) is 49.7 Å². The van der Waals surface area contributed by atoms with Gasteiger partial charge in [0.2, 0.25) is 0 Å². The number of aliphatic hydroxyl groups excluding tert-OH is 3. The number of nitrogens with zero attached hydrogens (tertiary/aromatic N) is 7. The number of hydrogen-bond acceptors (Lipinski definition) is 26. The van der Waals surface area contributed by atoms with Gasteiger partial charge in [0.15, 0.2) is 23.3 Å². The molecule has 0 radical (unpaired) electrons. The third kappa shape index (κ3) is 8.73. The maximum atomic E-state index is 12.2. The van der Waals surface area contributed by atoms with Gasteiger partial charge in [0.05, 0.1) is 32.0 Å². The van der Waals surface area contributed by atoms with E-state index in [-0.39, 0.29) is 40.4 Å². The van der Waals surface area contributed by atoms with Crippen molar-refractivity contribution in [3.05, 3.63) is 29.5 Å². The third-order valence-electron chi connectivity index (χ3n) is 7.38. The molecule has 2 aliphatic heterocycles. The molecule has 0 spiro atoms. The number of hydrogen-bond donors (Lipinski definition) is 6. The second kappa shape index (κ2) is 14.5. The monoisotopic (exact) mass is 832 g/mol. The molecule has 0 aromatic carbocycles. The average molecular weight is 832 g/mol. The Bertz CT molecular complexity index is 2270. The van der Waals surface area contributed by atoms with E-state index in [1.807, 2.05) is 0 Å². The molecule has 0 amide bonds. The molecule has 292 valence electrons. The molecule has 29 nitrogen and oxygen atoms in total. The molecule has 0 bridgehead atoms. The highest BCUT2D eigenvalue weighted by molar-refractivity contribution is 7.68. The number of nitrogens with two attached hydrogens (primary N) is 2. The molecule has 2 saturated heterocycles. The summed E-state index contributed by atoms with van der Waals surface area (Å²) in [6.07, 6.45) is -7.69. The Labute approximate surface area is 292 Å². The zero-order chi connectivity index (χ0) is 38.7. The summed E-state index contributed by atoms with van der Waals surface area (Å²) < 4.78 is 81.4. The Kier molecular flexibility index (Phi) is 10.8. The number of nitrogen functional groups attached to an aromatic ring is 2. The fourth-order valence-corrected chi connectivity index (χ4v) is 9.88. The van der Waals surface area contributed by atoms with Crippen LogP contribution in [-0.4, -0.2) is 98.1 Å². The van der Waals surface area contributed by atoms with E-state index in [0.717, 1.165) is 23.5 Å². The van der Waals surface area contributed by atoms with Crippen LogP contribution in [0.25, 0.3) is 22.3 Å².